The van der Waals surface area contributed by atoms with Crippen molar-refractivity contribution in [3.63, 3.8) is 0 Å². The van der Waals surface area contributed by atoms with Gasteiger partial charge in [-0.3, -0.25) is 4.79 Å². The number of ketones is 1. The molecule has 30 heavy (non-hydrogen) atoms. The number of aliphatic imine (C=N–C) groups is 1. The fraction of sp³-hybridized carbons (Fsp3) is 0.421. The molecule has 0 aromatic rings. The number of amides is 2. The van der Waals surface area contributed by atoms with E-state index in [1.807, 2.05) is 0 Å². The summed E-state index contributed by atoms with van der Waals surface area (Å²) in [6.45, 7) is 4.44. The zero-order chi connectivity index (χ0) is 22.9. The summed E-state index contributed by atoms with van der Waals surface area (Å²) in [5.41, 5.74) is 5.47. The Morgan fingerprint density at radius 2 is 2.10 bits per heavy atom. The first-order chi connectivity index (χ1) is 14.0. The first-order valence-corrected chi connectivity index (χ1v) is 9.04. The molecule has 3 atom stereocenters. The summed E-state index contributed by atoms with van der Waals surface area (Å²) in [7, 11) is 1.66. The molecular formula is C19H25FN3O7+. The van der Waals surface area contributed by atoms with E-state index in [0.29, 0.717) is 19.3 Å². The average Bonchev–Trinajstić information content (AvgIpc) is 3.17. The Balaban J connectivity index is 0.000000424. The third-order valence-corrected chi connectivity index (χ3v) is 4.26. The summed E-state index contributed by atoms with van der Waals surface area (Å²) < 4.78 is 22.7. The lowest BCUT2D eigenvalue weighted by molar-refractivity contribution is -0.830. The monoisotopic (exact) mass is 426 g/mol. The molecule has 164 valence electrons. The molecule has 10 nitrogen and oxygen atoms in total. The molecule has 0 saturated carbocycles. The van der Waals surface area contributed by atoms with Gasteiger partial charge in [0.05, 0.1) is 13.2 Å². The number of amidine groups is 1. The van der Waals surface area contributed by atoms with Crippen LogP contribution >= 0.6 is 0 Å². The number of rotatable bonds is 7. The van der Waals surface area contributed by atoms with Gasteiger partial charge in [-0.25, -0.2) is 14.4 Å². The number of ether oxygens (including phenoxy) is 2. The molecular weight excluding hydrogens is 401 g/mol. The standard InChI is InChI=1S/C13H16FN3O4.C6H8O3/c1-8(14)12(18)20-7-9-3-4-11(21-9)17(2)6-5-10(15)16-13(17)19;1-2-5(7)3-4-6(8)9/h5-6,9,11H,1,3-4,7H2,2H3,(H-,15,16,19);3-4H,2H2,1H3,(H,8,9)/p+1/b;4-3-. The van der Waals surface area contributed by atoms with Crippen LogP contribution in [0.25, 0.3) is 0 Å². The molecule has 2 heterocycles. The average molecular weight is 426 g/mol. The number of urea groups is 1. The minimum absolute atomic E-state index is 0.0818. The molecule has 0 bridgehead atoms. The Labute approximate surface area is 172 Å². The maximum Gasteiger partial charge on any atom is 0.451 e. The highest BCUT2D eigenvalue weighted by Gasteiger charge is 2.46. The summed E-state index contributed by atoms with van der Waals surface area (Å²) in [6, 6.07) is -0.421. The van der Waals surface area contributed by atoms with Crippen LogP contribution in [0.4, 0.5) is 9.18 Å². The fourth-order valence-corrected chi connectivity index (χ4v) is 2.50. The zero-order valence-corrected chi connectivity index (χ0v) is 16.7. The van der Waals surface area contributed by atoms with Gasteiger partial charge in [-0.15, -0.1) is 4.99 Å². The second-order valence-electron chi connectivity index (χ2n) is 6.57. The number of allylic oxidation sites excluding steroid dienone is 1. The molecule has 1 saturated heterocycles. The smallest absolute Gasteiger partial charge is 0.451 e. The number of nitrogens with two attached hydrogens (primary N) is 1. The number of nitrogens with zero attached hydrogens (tertiary/aromatic N) is 2. The van der Waals surface area contributed by atoms with Crippen LogP contribution in [-0.4, -0.2) is 65.2 Å². The molecule has 11 heteroatoms. The van der Waals surface area contributed by atoms with Crippen LogP contribution in [0.3, 0.4) is 0 Å². The van der Waals surface area contributed by atoms with E-state index in [4.69, 9.17) is 20.3 Å². The lowest BCUT2D eigenvalue weighted by Crippen LogP contribution is -2.53. The van der Waals surface area contributed by atoms with Crippen LogP contribution in [0.5, 0.6) is 0 Å². The fourth-order valence-electron chi connectivity index (χ4n) is 2.50. The number of hydrogen-bond donors (Lipinski definition) is 2. The van der Waals surface area contributed by atoms with Crippen LogP contribution in [0, 0.1) is 0 Å². The van der Waals surface area contributed by atoms with E-state index in [9.17, 15) is 23.6 Å². The largest absolute Gasteiger partial charge is 0.478 e. The van der Waals surface area contributed by atoms with Gasteiger partial charge in [0.1, 0.15) is 18.6 Å². The van der Waals surface area contributed by atoms with Crippen LogP contribution in [-0.2, 0) is 23.9 Å². The third kappa shape index (κ3) is 7.33. The second-order valence-corrected chi connectivity index (χ2v) is 6.57. The van der Waals surface area contributed by atoms with Gasteiger partial charge in [-0.1, -0.05) is 13.5 Å². The molecule has 0 aliphatic carbocycles. The van der Waals surface area contributed by atoms with E-state index in [1.54, 1.807) is 26.2 Å². The highest BCUT2D eigenvalue weighted by atomic mass is 19.1. The molecule has 1 fully saturated rings. The Morgan fingerprint density at radius 3 is 2.63 bits per heavy atom. The molecule has 2 amide bonds. The van der Waals surface area contributed by atoms with Gasteiger partial charge < -0.3 is 20.3 Å². The van der Waals surface area contributed by atoms with Crippen molar-refractivity contribution in [2.45, 2.75) is 38.5 Å². The summed E-state index contributed by atoms with van der Waals surface area (Å²) in [5, 5.41) is 8.02. The van der Waals surface area contributed by atoms with Gasteiger partial charge in [-0.05, 0) is 12.5 Å². The topological polar surface area (TPSA) is 145 Å². The van der Waals surface area contributed by atoms with E-state index in [0.717, 1.165) is 12.2 Å². The predicted molar refractivity (Wildman–Crippen MR) is 104 cm³/mol. The Morgan fingerprint density at radius 1 is 1.43 bits per heavy atom. The summed E-state index contributed by atoms with van der Waals surface area (Å²) in [5.74, 6) is -3.36. The van der Waals surface area contributed by atoms with Crippen LogP contribution in [0.2, 0.25) is 0 Å². The first-order valence-electron chi connectivity index (χ1n) is 9.04. The molecule has 0 spiro atoms. The van der Waals surface area contributed by atoms with Gasteiger partial charge in [-0.2, -0.15) is 8.87 Å². The van der Waals surface area contributed by atoms with Crippen molar-refractivity contribution in [1.82, 2.24) is 0 Å². The Hall–Kier alpha value is -3.18. The van der Waals surface area contributed by atoms with Gasteiger partial charge in [0.2, 0.25) is 12.1 Å². The maximum absolute atomic E-state index is 12.5. The molecule has 0 radical (unpaired) electrons. The van der Waals surface area contributed by atoms with Crippen molar-refractivity contribution in [3.05, 3.63) is 36.8 Å². The number of carbonyl (C=O) groups excluding carboxylic acids is 3. The number of quaternary nitrogens is 1. The maximum atomic E-state index is 12.5. The Bertz CT molecular complexity index is 806. The molecule has 3 N–H and O–H groups in total. The lowest BCUT2D eigenvalue weighted by Gasteiger charge is -2.32. The SMILES string of the molecule is C=C(F)C(=O)OCC1CCC([N+]2(C)C=CC(N)=NC2=O)O1.CCC(=O)/C=C\C(=O)O. The van der Waals surface area contributed by atoms with Crippen LogP contribution in [0.1, 0.15) is 26.2 Å². The number of carboxylic acids is 1. The number of hydrogen-bond acceptors (Lipinski definition) is 7. The van der Waals surface area contributed by atoms with Crippen LogP contribution in [0.15, 0.2) is 41.8 Å². The van der Waals surface area contributed by atoms with E-state index in [1.165, 1.54) is 0 Å². The molecule has 2 rings (SSSR count). The van der Waals surface area contributed by atoms with Gasteiger partial charge in [0, 0.05) is 25.0 Å². The number of carboxylic acid groups (broad SMARTS) is 1. The van der Waals surface area contributed by atoms with Crippen molar-refractivity contribution in [2.24, 2.45) is 10.7 Å². The van der Waals surface area contributed by atoms with Crippen molar-refractivity contribution in [2.75, 3.05) is 13.7 Å². The summed E-state index contributed by atoms with van der Waals surface area (Å²) in [4.78, 5) is 46.8. The minimum Gasteiger partial charge on any atom is -0.478 e. The van der Waals surface area contributed by atoms with Gasteiger partial charge >= 0.3 is 18.0 Å². The highest BCUT2D eigenvalue weighted by Crippen LogP contribution is 2.30. The second kappa shape index (κ2) is 11.1. The highest BCUT2D eigenvalue weighted by molar-refractivity contribution is 5.99. The van der Waals surface area contributed by atoms with E-state index in [-0.39, 0.29) is 22.7 Å². The minimum atomic E-state index is -1.15. The van der Waals surface area contributed by atoms with E-state index < -0.39 is 36.1 Å². The van der Waals surface area contributed by atoms with Crippen molar-refractivity contribution >= 4 is 29.6 Å². The van der Waals surface area contributed by atoms with Crippen molar-refractivity contribution in [3.8, 4) is 0 Å². The number of halogens is 1. The number of carbonyl (C=O) groups is 4. The quantitative estimate of drug-likeness (QED) is 0.354. The zero-order valence-electron chi connectivity index (χ0n) is 16.7. The summed E-state index contributed by atoms with van der Waals surface area (Å²) >= 11 is 0. The predicted octanol–water partition coefficient (Wildman–Crippen LogP) is 1.58. The van der Waals surface area contributed by atoms with E-state index >= 15 is 0 Å². The van der Waals surface area contributed by atoms with E-state index in [2.05, 4.69) is 11.6 Å². The van der Waals surface area contributed by atoms with Crippen molar-refractivity contribution < 1.29 is 42.6 Å². The van der Waals surface area contributed by atoms with Gasteiger partial charge in [0.25, 0.3) is 0 Å². The third-order valence-electron chi connectivity index (χ3n) is 4.26. The molecule has 3 unspecified atom stereocenters. The van der Waals surface area contributed by atoms with Crippen LogP contribution < -0.4 is 5.73 Å². The normalized spacial score (nSPS) is 25.3. The molecule has 2 aliphatic heterocycles. The molecule has 0 aromatic carbocycles. The number of esters is 1. The van der Waals surface area contributed by atoms with Crippen molar-refractivity contribution in [1.29, 1.82) is 0 Å². The molecule has 2 aliphatic rings. The first kappa shape index (κ1) is 24.9. The lowest BCUT2D eigenvalue weighted by atomic mass is 10.2. The van der Waals surface area contributed by atoms with Gasteiger partial charge in [0.15, 0.2) is 5.78 Å². The summed E-state index contributed by atoms with van der Waals surface area (Å²) in [6.07, 6.45) is 5.75. The number of aliphatic carboxylic acids is 1. The Kier molecular flexibility index (Phi) is 9.21. The molecule has 0 aromatic heterocycles.